The number of carboxylic acid groups (broad SMARTS) is 1. The molecular weight excluding hydrogens is 334 g/mol. The normalized spacial score (nSPS) is 20.1. The number of carbonyl (C=O) groups is 2. The summed E-state index contributed by atoms with van der Waals surface area (Å²) in [4.78, 5) is 23.9. The van der Waals surface area contributed by atoms with Crippen LogP contribution in [0, 0.1) is 0 Å². The highest BCUT2D eigenvalue weighted by Crippen LogP contribution is 2.28. The van der Waals surface area contributed by atoms with E-state index in [9.17, 15) is 14.7 Å². The highest BCUT2D eigenvalue weighted by atomic mass is 16.5. The molecule has 0 saturated carbocycles. The van der Waals surface area contributed by atoms with Gasteiger partial charge in [-0.3, -0.25) is 4.79 Å². The van der Waals surface area contributed by atoms with Gasteiger partial charge in [-0.1, -0.05) is 45.0 Å². The van der Waals surface area contributed by atoms with Crippen LogP contribution in [0.5, 0.6) is 0 Å². The van der Waals surface area contributed by atoms with Gasteiger partial charge in [-0.15, -0.1) is 0 Å². The van der Waals surface area contributed by atoms with Gasteiger partial charge in [0.15, 0.2) is 11.3 Å². The molecule has 138 valence electrons. The smallest absolute Gasteiger partial charge is 0.331 e. The van der Waals surface area contributed by atoms with Crippen molar-refractivity contribution in [3.8, 4) is 11.3 Å². The van der Waals surface area contributed by atoms with Crippen LogP contribution in [0.15, 0.2) is 40.8 Å². The van der Waals surface area contributed by atoms with E-state index in [1.165, 1.54) is 5.56 Å². The Kier molecular flexibility index (Phi) is 4.63. The van der Waals surface area contributed by atoms with Gasteiger partial charge in [0.25, 0.3) is 5.91 Å². The molecule has 1 aliphatic rings. The monoisotopic (exact) mass is 357 g/mol. The minimum absolute atomic E-state index is 0.0457. The SMILES string of the molecule is CC(C)(C)c1ccc(-c2ccc(C(=O)NC3(C(=O)O)CCOC3)o2)cc1. The molecule has 1 aliphatic heterocycles. The molecule has 0 spiro atoms. The third-order valence-corrected chi connectivity index (χ3v) is 4.65. The fourth-order valence-electron chi connectivity index (χ4n) is 2.91. The molecule has 0 bridgehead atoms. The maximum Gasteiger partial charge on any atom is 0.331 e. The number of amides is 1. The van der Waals surface area contributed by atoms with Crippen molar-refractivity contribution in [2.24, 2.45) is 0 Å². The molecule has 2 heterocycles. The van der Waals surface area contributed by atoms with Gasteiger partial charge in [0.05, 0.1) is 6.61 Å². The lowest BCUT2D eigenvalue weighted by Gasteiger charge is -2.22. The first kappa shape index (κ1) is 18.2. The number of nitrogens with one attached hydrogen (secondary N) is 1. The summed E-state index contributed by atoms with van der Waals surface area (Å²) in [5.74, 6) is -1.03. The van der Waals surface area contributed by atoms with Crippen molar-refractivity contribution in [2.45, 2.75) is 38.1 Å². The van der Waals surface area contributed by atoms with Crippen molar-refractivity contribution in [2.75, 3.05) is 13.2 Å². The zero-order valence-corrected chi connectivity index (χ0v) is 15.2. The Labute approximate surface area is 152 Å². The lowest BCUT2D eigenvalue weighted by atomic mass is 9.86. The summed E-state index contributed by atoms with van der Waals surface area (Å²) in [6.07, 6.45) is 0.232. The van der Waals surface area contributed by atoms with E-state index in [0.29, 0.717) is 12.4 Å². The van der Waals surface area contributed by atoms with Crippen LogP contribution < -0.4 is 5.32 Å². The minimum atomic E-state index is -1.39. The van der Waals surface area contributed by atoms with Crippen LogP contribution in [0.2, 0.25) is 0 Å². The van der Waals surface area contributed by atoms with Crippen LogP contribution in [-0.2, 0) is 14.9 Å². The van der Waals surface area contributed by atoms with Crippen molar-refractivity contribution in [1.29, 1.82) is 0 Å². The topological polar surface area (TPSA) is 88.8 Å². The molecule has 3 rings (SSSR count). The van der Waals surface area contributed by atoms with Crippen LogP contribution in [-0.4, -0.2) is 35.7 Å². The first-order valence-electron chi connectivity index (χ1n) is 8.56. The summed E-state index contributed by atoms with van der Waals surface area (Å²) >= 11 is 0. The average Bonchev–Trinajstić information content (AvgIpc) is 3.24. The lowest BCUT2D eigenvalue weighted by Crippen LogP contribution is -2.55. The third-order valence-electron chi connectivity index (χ3n) is 4.65. The predicted octanol–water partition coefficient (Wildman–Crippen LogP) is 3.22. The standard InChI is InChI=1S/C20H23NO5/c1-19(2,3)14-6-4-13(5-7-14)15-8-9-16(26-15)17(22)21-20(18(23)24)10-11-25-12-20/h4-9H,10-12H2,1-3H3,(H,21,22)(H,23,24). The fraction of sp³-hybridized carbons (Fsp3) is 0.400. The van der Waals surface area contributed by atoms with Gasteiger partial charge >= 0.3 is 5.97 Å². The Balaban J connectivity index is 1.77. The van der Waals surface area contributed by atoms with Gasteiger partial charge in [-0.25, -0.2) is 4.79 Å². The summed E-state index contributed by atoms with van der Waals surface area (Å²) in [7, 11) is 0. The predicted molar refractivity (Wildman–Crippen MR) is 96.1 cm³/mol. The molecule has 0 aliphatic carbocycles. The zero-order chi connectivity index (χ0) is 18.9. The first-order valence-corrected chi connectivity index (χ1v) is 8.56. The highest BCUT2D eigenvalue weighted by Gasteiger charge is 2.44. The Morgan fingerprint density at radius 1 is 1.12 bits per heavy atom. The van der Waals surface area contributed by atoms with E-state index in [1.54, 1.807) is 12.1 Å². The number of rotatable bonds is 4. The number of ether oxygens (including phenoxy) is 1. The Morgan fingerprint density at radius 2 is 1.81 bits per heavy atom. The highest BCUT2D eigenvalue weighted by molar-refractivity contribution is 5.96. The van der Waals surface area contributed by atoms with Crippen LogP contribution >= 0.6 is 0 Å². The van der Waals surface area contributed by atoms with Crippen molar-refractivity contribution in [3.05, 3.63) is 47.7 Å². The van der Waals surface area contributed by atoms with Crippen LogP contribution in [0.1, 0.15) is 43.3 Å². The number of hydrogen-bond acceptors (Lipinski definition) is 4. The number of furan rings is 1. The summed E-state index contributed by atoms with van der Waals surface area (Å²) in [5, 5.41) is 12.0. The van der Waals surface area contributed by atoms with E-state index in [-0.39, 0.29) is 24.2 Å². The second-order valence-corrected chi connectivity index (χ2v) is 7.64. The van der Waals surface area contributed by atoms with Crippen LogP contribution in [0.3, 0.4) is 0 Å². The van der Waals surface area contributed by atoms with Gasteiger partial charge in [0.1, 0.15) is 5.76 Å². The summed E-state index contributed by atoms with van der Waals surface area (Å²) in [6.45, 7) is 6.68. The molecule has 1 fully saturated rings. The molecule has 0 radical (unpaired) electrons. The quantitative estimate of drug-likeness (QED) is 0.877. The van der Waals surface area contributed by atoms with Crippen molar-refractivity contribution in [1.82, 2.24) is 5.32 Å². The summed E-state index contributed by atoms with van der Waals surface area (Å²) in [6, 6.07) is 11.2. The van der Waals surface area contributed by atoms with Crippen LogP contribution in [0.25, 0.3) is 11.3 Å². The van der Waals surface area contributed by atoms with Gasteiger partial charge in [0.2, 0.25) is 0 Å². The number of carbonyl (C=O) groups excluding carboxylic acids is 1. The Hall–Kier alpha value is -2.60. The summed E-state index contributed by atoms with van der Waals surface area (Å²) in [5.41, 5.74) is 0.726. The molecule has 1 atom stereocenters. The second-order valence-electron chi connectivity index (χ2n) is 7.64. The first-order chi connectivity index (χ1) is 12.2. The zero-order valence-electron chi connectivity index (χ0n) is 15.2. The maximum absolute atomic E-state index is 12.4. The van der Waals surface area contributed by atoms with Gasteiger partial charge in [-0.2, -0.15) is 0 Å². The molecule has 1 aromatic heterocycles. The molecule has 1 aromatic carbocycles. The van der Waals surface area contributed by atoms with E-state index in [2.05, 4.69) is 26.1 Å². The molecule has 6 heteroatoms. The maximum atomic E-state index is 12.4. The van der Waals surface area contributed by atoms with E-state index >= 15 is 0 Å². The Bertz CT molecular complexity index is 807. The molecule has 6 nitrogen and oxygen atoms in total. The number of aliphatic carboxylic acids is 1. The van der Waals surface area contributed by atoms with Gasteiger partial charge in [-0.05, 0) is 23.1 Å². The Morgan fingerprint density at radius 3 is 2.35 bits per heavy atom. The molecule has 2 aromatic rings. The number of benzene rings is 1. The van der Waals surface area contributed by atoms with E-state index in [0.717, 1.165) is 5.56 Å². The summed E-state index contributed by atoms with van der Waals surface area (Å²) < 4.78 is 10.8. The molecule has 26 heavy (non-hydrogen) atoms. The van der Waals surface area contributed by atoms with E-state index in [1.807, 2.05) is 24.3 Å². The lowest BCUT2D eigenvalue weighted by molar-refractivity contribution is -0.144. The van der Waals surface area contributed by atoms with E-state index < -0.39 is 17.4 Å². The van der Waals surface area contributed by atoms with Gasteiger partial charge in [0, 0.05) is 18.6 Å². The molecule has 1 saturated heterocycles. The molecular formula is C20H23NO5. The van der Waals surface area contributed by atoms with E-state index in [4.69, 9.17) is 9.15 Å². The largest absolute Gasteiger partial charge is 0.479 e. The van der Waals surface area contributed by atoms with Gasteiger partial charge < -0.3 is 19.6 Å². The van der Waals surface area contributed by atoms with Crippen LogP contribution in [0.4, 0.5) is 0 Å². The molecule has 2 N–H and O–H groups in total. The second kappa shape index (κ2) is 6.61. The number of carboxylic acids is 1. The average molecular weight is 357 g/mol. The number of hydrogen-bond donors (Lipinski definition) is 2. The third kappa shape index (κ3) is 3.51. The van der Waals surface area contributed by atoms with Crippen molar-refractivity contribution in [3.63, 3.8) is 0 Å². The van der Waals surface area contributed by atoms with Crippen molar-refractivity contribution >= 4 is 11.9 Å². The van der Waals surface area contributed by atoms with Crippen molar-refractivity contribution < 1.29 is 23.8 Å². The minimum Gasteiger partial charge on any atom is -0.479 e. The molecule has 1 amide bonds. The fourth-order valence-corrected chi connectivity index (χ4v) is 2.91. The molecule has 1 unspecified atom stereocenters.